The van der Waals surface area contributed by atoms with Crippen LogP contribution in [0, 0.1) is 29.6 Å². The van der Waals surface area contributed by atoms with Crippen molar-refractivity contribution in [2.75, 3.05) is 62.0 Å². The Bertz CT molecular complexity index is 3360. The molecule has 2 saturated heterocycles. The fourth-order valence-electron chi connectivity index (χ4n) is 13.5. The van der Waals surface area contributed by atoms with E-state index in [-0.39, 0.29) is 69.3 Å². The van der Waals surface area contributed by atoms with Crippen molar-refractivity contribution in [3.05, 3.63) is 108 Å². The van der Waals surface area contributed by atoms with Gasteiger partial charge in [-0.15, -0.1) is 0 Å². The fourth-order valence-corrected chi connectivity index (χ4v) is 13.5. The van der Waals surface area contributed by atoms with Crippen LogP contribution in [-0.4, -0.2) is 238 Å². The van der Waals surface area contributed by atoms with Gasteiger partial charge in [0.2, 0.25) is 59.1 Å². The van der Waals surface area contributed by atoms with Gasteiger partial charge < -0.3 is 60.1 Å². The molecule has 0 spiro atoms. The first kappa shape index (κ1) is 85.3. The summed E-state index contributed by atoms with van der Waals surface area (Å²) in [6.07, 6.45) is -0.731. The summed E-state index contributed by atoms with van der Waals surface area (Å²) in [6.45, 7) is 21.2. The zero-order valence-corrected chi connectivity index (χ0v) is 64.3. The van der Waals surface area contributed by atoms with Gasteiger partial charge in [0.15, 0.2) is 11.6 Å². The maximum atomic E-state index is 15.6. The number of aliphatic hydroxyl groups is 1. The predicted molar refractivity (Wildman–Crippen MR) is 394 cm³/mol. The largest absolute Gasteiger partial charge is 0.391 e. The Morgan fingerprint density at radius 2 is 0.874 bits per heavy atom. The molecule has 2 aliphatic rings. The lowest BCUT2D eigenvalue weighted by Crippen LogP contribution is -2.62. The van der Waals surface area contributed by atoms with Crippen molar-refractivity contribution in [1.82, 2.24) is 50.2 Å². The van der Waals surface area contributed by atoms with E-state index in [1.54, 1.807) is 92.4 Å². The van der Waals surface area contributed by atoms with Crippen LogP contribution in [0.1, 0.15) is 158 Å². The molecule has 0 aliphatic carbocycles. The Balaban J connectivity index is 1.71. The summed E-state index contributed by atoms with van der Waals surface area (Å²) >= 11 is 0. The summed E-state index contributed by atoms with van der Waals surface area (Å²) in [5.74, 6) is -11.0. The minimum Gasteiger partial charge on any atom is -0.391 e. The molecule has 0 aromatic heterocycles. The van der Waals surface area contributed by atoms with Gasteiger partial charge in [-0.3, -0.25) is 57.5 Å². The topological polar surface area (TPSA) is 293 Å². The van der Waals surface area contributed by atoms with Crippen molar-refractivity contribution < 1.29 is 67.4 Å². The molecule has 10 amide bonds. The Morgan fingerprint density at radius 1 is 0.466 bits per heavy atom. The number of likely N-dealkylation sites (tertiary alicyclic amines) is 1. The number of Topliss-reactive ketones (excluding diaryl/α,β-unsaturated/α-hetero) is 2. The second-order valence-electron chi connectivity index (χ2n) is 30.7. The number of hydrogen-bond acceptors (Lipinski definition) is 14. The lowest BCUT2D eigenvalue weighted by molar-refractivity contribution is -0.152. The van der Waals surface area contributed by atoms with Gasteiger partial charge in [0.1, 0.15) is 42.3 Å². The molecule has 0 saturated carbocycles. The van der Waals surface area contributed by atoms with Crippen LogP contribution in [-0.2, 0) is 81.5 Å². The number of rotatable bonds is 16. The highest BCUT2D eigenvalue weighted by atomic mass is 16.5. The van der Waals surface area contributed by atoms with E-state index < -0.39 is 161 Å². The van der Waals surface area contributed by atoms with Crippen LogP contribution in [0.5, 0.6) is 0 Å². The molecule has 568 valence electrons. The number of nitrogens with zero attached hydrogens (tertiary/aromatic N) is 7. The molecule has 2 fully saturated rings. The first-order valence-corrected chi connectivity index (χ1v) is 36.6. The molecule has 5 rings (SSSR count). The van der Waals surface area contributed by atoms with Crippen molar-refractivity contribution >= 4 is 70.6 Å². The molecule has 0 bridgehead atoms. The standard InChI is InChI=1S/C79H118N10O14/c1-49(2)39-58-45-66(91)62(43-56-33-25-20-26-34-56)85(15)75(99)59(48-103-79(10,11)12)46-67(92)61(42-55-31-23-19-24-32-55)84(14)73(97)53(8)83(13)77(101)65(41-51(5)6)88(18)72(96)52(7)80-68(93)47-60(76(100)89-37-29-22-30-38-89)81-70(94)64(44-57-35-27-21-28-36-57)87(17)78(102)69(54(9)90)82-71(95)63(40-50(3)4)86(16)74(58)98/h19-21,23-28,31-36,49-54,58-65,69,90H,22,29-30,37-48H2,1-18H3,(H,80,93)(H,81,94)(H,82,95)/t52-,53+,54-,58-,59+,60+,61+,62+,63+,64+,65+,69+/m1/s1. The van der Waals surface area contributed by atoms with Crippen LogP contribution in [0.3, 0.4) is 0 Å². The highest BCUT2D eigenvalue weighted by molar-refractivity contribution is 6.00. The Kier molecular flexibility index (Phi) is 32.7. The number of amides is 10. The van der Waals surface area contributed by atoms with Gasteiger partial charge in [-0.05, 0) is 127 Å². The van der Waals surface area contributed by atoms with E-state index in [0.29, 0.717) is 42.6 Å². The first-order valence-electron chi connectivity index (χ1n) is 36.6. The summed E-state index contributed by atoms with van der Waals surface area (Å²) in [5, 5.41) is 19.7. The van der Waals surface area contributed by atoms with E-state index in [4.69, 9.17) is 4.74 Å². The number of carbonyl (C=O) groups excluding carboxylic acids is 12. The predicted octanol–water partition coefficient (Wildman–Crippen LogP) is 6.07. The molecule has 3 aromatic rings. The number of benzene rings is 3. The van der Waals surface area contributed by atoms with Crippen LogP contribution in [0.2, 0.25) is 0 Å². The SMILES string of the molecule is CC(C)C[C@@H]1CC(=O)[C@H](Cc2ccccc2)N(C)C(=O)[C@H](COC(C)(C)C)CC(=O)[C@H](Cc2ccccc2)N(C)C(=O)[C@H](C)N(C)C(=O)[C@H](CC(C)C)N(C)C(=O)[C@@H](C)NC(=O)C[C@@H](C(=O)N2CCCCC2)NC(=O)[C@H](Cc2ccccc2)N(C)C(=O)[C@H]([C@@H](C)O)NC(=O)[C@H](CC(C)C)N(C)C1=O. The molecule has 3 aromatic carbocycles. The highest BCUT2D eigenvalue weighted by Gasteiger charge is 2.44. The molecule has 103 heavy (non-hydrogen) atoms. The minimum absolute atomic E-state index is 0.000566. The van der Waals surface area contributed by atoms with Gasteiger partial charge in [0, 0.05) is 80.6 Å². The Morgan fingerprint density at radius 3 is 1.34 bits per heavy atom. The molecule has 4 N–H and O–H groups in total. The number of ketones is 2. The molecule has 24 heteroatoms. The number of nitrogens with one attached hydrogen (secondary N) is 3. The molecule has 0 radical (unpaired) electrons. The number of ether oxygens (including phenoxy) is 1. The number of carbonyl (C=O) groups is 12. The van der Waals surface area contributed by atoms with Crippen molar-refractivity contribution in [1.29, 1.82) is 0 Å². The summed E-state index contributed by atoms with van der Waals surface area (Å²) in [4.78, 5) is 190. The maximum Gasteiger partial charge on any atom is 0.248 e. The van der Waals surface area contributed by atoms with E-state index >= 15 is 43.2 Å². The van der Waals surface area contributed by atoms with Crippen LogP contribution >= 0.6 is 0 Å². The van der Waals surface area contributed by atoms with Crippen molar-refractivity contribution in [3.8, 4) is 0 Å². The summed E-state index contributed by atoms with van der Waals surface area (Å²) in [7, 11) is 8.55. The number of likely N-dealkylation sites (N-methyl/N-ethyl adjacent to an activating group) is 6. The summed E-state index contributed by atoms with van der Waals surface area (Å²) in [5.41, 5.74) is 1.14. The lowest BCUT2D eigenvalue weighted by Gasteiger charge is -2.37. The lowest BCUT2D eigenvalue weighted by atomic mass is 9.86. The summed E-state index contributed by atoms with van der Waals surface area (Å²) < 4.78 is 6.32. The van der Waals surface area contributed by atoms with E-state index in [2.05, 4.69) is 16.0 Å². The third kappa shape index (κ3) is 24.9. The van der Waals surface area contributed by atoms with Gasteiger partial charge in [-0.2, -0.15) is 0 Å². The molecule has 24 nitrogen and oxygen atoms in total. The van der Waals surface area contributed by atoms with E-state index in [0.717, 1.165) is 11.3 Å². The monoisotopic (exact) mass is 1430 g/mol. The highest BCUT2D eigenvalue weighted by Crippen LogP contribution is 2.28. The zero-order valence-electron chi connectivity index (χ0n) is 64.3. The second kappa shape index (κ2) is 39.5. The average molecular weight is 1430 g/mol. The van der Waals surface area contributed by atoms with Gasteiger partial charge in [0.05, 0.1) is 42.7 Å². The zero-order chi connectivity index (χ0) is 76.9. The van der Waals surface area contributed by atoms with Gasteiger partial charge in [-0.25, -0.2) is 0 Å². The molecule has 2 aliphatic heterocycles. The average Bonchev–Trinajstić information content (AvgIpc) is 0.822. The van der Waals surface area contributed by atoms with Crippen LogP contribution in [0.4, 0.5) is 0 Å². The number of piperidine rings is 1. The van der Waals surface area contributed by atoms with Crippen LogP contribution < -0.4 is 16.0 Å². The van der Waals surface area contributed by atoms with Crippen molar-refractivity contribution in [2.24, 2.45) is 29.6 Å². The number of hydrogen-bond donors (Lipinski definition) is 4. The number of aliphatic hydroxyl groups excluding tert-OH is 1. The van der Waals surface area contributed by atoms with Crippen LogP contribution in [0.25, 0.3) is 0 Å². The molecular formula is C79H118N10O14. The second-order valence-corrected chi connectivity index (χ2v) is 30.7. The summed E-state index contributed by atoms with van der Waals surface area (Å²) in [6, 6.07) is 14.6. The Hall–Kier alpha value is -8.38. The molecule has 12 atom stereocenters. The third-order valence-electron chi connectivity index (χ3n) is 19.7. The normalized spacial score (nSPS) is 25.5. The van der Waals surface area contributed by atoms with Crippen LogP contribution in [0.15, 0.2) is 91.0 Å². The van der Waals surface area contributed by atoms with Crippen molar-refractivity contribution in [3.63, 3.8) is 0 Å². The molecule has 2 heterocycles. The third-order valence-corrected chi connectivity index (χ3v) is 19.7. The van der Waals surface area contributed by atoms with E-state index in [1.807, 2.05) is 65.8 Å². The van der Waals surface area contributed by atoms with E-state index in [9.17, 15) is 19.5 Å². The van der Waals surface area contributed by atoms with E-state index in [1.165, 1.54) is 87.6 Å². The Labute approximate surface area is 611 Å². The fraction of sp³-hybridized carbons (Fsp3) is 0.620. The van der Waals surface area contributed by atoms with Gasteiger partial charge >= 0.3 is 0 Å². The van der Waals surface area contributed by atoms with Gasteiger partial charge in [-0.1, -0.05) is 133 Å². The van der Waals surface area contributed by atoms with Crippen molar-refractivity contribution in [2.45, 2.75) is 226 Å². The minimum atomic E-state index is -1.72. The maximum absolute atomic E-state index is 15.6. The smallest absolute Gasteiger partial charge is 0.248 e. The van der Waals surface area contributed by atoms with Gasteiger partial charge in [0.25, 0.3) is 0 Å². The molecular weight excluding hydrogens is 1310 g/mol. The molecule has 0 unspecified atom stereocenters. The quantitative estimate of drug-likeness (QED) is 0.127. The first-order chi connectivity index (χ1) is 48.3.